The van der Waals surface area contributed by atoms with Crippen LogP contribution in [0.5, 0.6) is 0 Å². The highest BCUT2D eigenvalue weighted by molar-refractivity contribution is 8.55. The highest BCUT2D eigenvalue weighted by atomic mass is 35.7. The lowest BCUT2D eigenvalue weighted by Gasteiger charge is -2.27. The summed E-state index contributed by atoms with van der Waals surface area (Å²) in [5.74, 6) is 1.17. The molecule has 2 heteroatoms. The zero-order valence-electron chi connectivity index (χ0n) is 8.55. The minimum atomic E-state index is -1.01. The van der Waals surface area contributed by atoms with Crippen LogP contribution in [0.2, 0.25) is 0 Å². The van der Waals surface area contributed by atoms with Gasteiger partial charge in [-0.2, -0.15) is 0 Å². The maximum Gasteiger partial charge on any atom is -0.00268 e. The summed E-state index contributed by atoms with van der Waals surface area (Å²) in [6.07, 6.45) is 9.52. The van der Waals surface area contributed by atoms with Gasteiger partial charge in [0.1, 0.15) is 0 Å². The highest BCUT2D eigenvalue weighted by Gasteiger charge is 2.21. The second-order valence-electron chi connectivity index (χ2n) is 3.57. The average Bonchev–Trinajstić information content (AvgIpc) is 2.42. The van der Waals surface area contributed by atoms with Gasteiger partial charge in [0.2, 0.25) is 0 Å². The molecule has 0 saturated carbocycles. The third-order valence-corrected chi connectivity index (χ3v) is 6.64. The quantitative estimate of drug-likeness (QED) is 0.573. The van der Waals surface area contributed by atoms with E-state index in [-0.39, 0.29) is 0 Å². The Bertz CT molecular complexity index is 220. The smallest absolute Gasteiger partial charge is 0.00268 e. The molecule has 1 heterocycles. The lowest BCUT2D eigenvalue weighted by molar-refractivity contribution is 0.706. The molecule has 1 atom stereocenters. The summed E-state index contributed by atoms with van der Waals surface area (Å²) >= 11 is 0. The molecule has 0 aliphatic carbocycles. The zero-order valence-corrected chi connectivity index (χ0v) is 10.1. The van der Waals surface area contributed by atoms with E-state index in [0.717, 1.165) is 0 Å². The van der Waals surface area contributed by atoms with E-state index in [4.69, 9.17) is 10.7 Å². The SMILES string of the molecule is CCCCCCS1(Cl)C=CC=C1C. The van der Waals surface area contributed by atoms with Gasteiger partial charge in [0.05, 0.1) is 0 Å². The van der Waals surface area contributed by atoms with Gasteiger partial charge in [-0.3, -0.25) is 0 Å². The highest BCUT2D eigenvalue weighted by Crippen LogP contribution is 2.64. The predicted molar refractivity (Wildman–Crippen MR) is 65.4 cm³/mol. The number of hydrogen-bond donors (Lipinski definition) is 0. The molecular formula is C11H19ClS. The lowest BCUT2D eigenvalue weighted by Crippen LogP contribution is -1.94. The van der Waals surface area contributed by atoms with Crippen LogP contribution in [0, 0.1) is 0 Å². The molecular weight excluding hydrogens is 200 g/mol. The summed E-state index contributed by atoms with van der Waals surface area (Å²) in [4.78, 5) is 1.38. The Labute approximate surface area is 87.9 Å². The number of halogens is 1. The minimum absolute atomic E-state index is 1.01. The van der Waals surface area contributed by atoms with E-state index in [1.54, 1.807) is 0 Å². The van der Waals surface area contributed by atoms with Gasteiger partial charge >= 0.3 is 0 Å². The molecule has 0 radical (unpaired) electrons. The summed E-state index contributed by atoms with van der Waals surface area (Å²) in [6, 6.07) is 0. The first kappa shape index (κ1) is 11.2. The van der Waals surface area contributed by atoms with Gasteiger partial charge < -0.3 is 0 Å². The van der Waals surface area contributed by atoms with Crippen molar-refractivity contribution in [2.75, 3.05) is 5.75 Å². The average molecular weight is 219 g/mol. The fourth-order valence-corrected chi connectivity index (χ4v) is 4.08. The molecule has 1 rings (SSSR count). The van der Waals surface area contributed by atoms with Gasteiger partial charge in [-0.15, -0.1) is 9.24 Å². The topological polar surface area (TPSA) is 0 Å². The molecule has 1 aliphatic heterocycles. The van der Waals surface area contributed by atoms with Gasteiger partial charge in [-0.05, 0) is 29.4 Å². The lowest BCUT2D eigenvalue weighted by atomic mass is 10.2. The normalized spacial score (nSPS) is 31.5. The monoisotopic (exact) mass is 218 g/mol. The van der Waals surface area contributed by atoms with Crippen molar-refractivity contribution in [1.82, 2.24) is 0 Å². The van der Waals surface area contributed by atoms with Crippen LogP contribution in [0.25, 0.3) is 0 Å². The number of allylic oxidation sites excluding steroid dienone is 3. The number of rotatable bonds is 5. The molecule has 0 amide bonds. The summed E-state index contributed by atoms with van der Waals surface area (Å²) in [5.41, 5.74) is 0. The van der Waals surface area contributed by atoms with Crippen LogP contribution in [0.15, 0.2) is 22.5 Å². The van der Waals surface area contributed by atoms with Gasteiger partial charge in [-0.25, -0.2) is 0 Å². The third kappa shape index (κ3) is 3.07. The molecule has 0 nitrogen and oxygen atoms in total. The standard InChI is InChI=1S/C11H19ClS/c1-3-4-5-6-9-13(12)10-7-8-11(13)2/h7-8,10H,3-6,9H2,1-2H3. The van der Waals surface area contributed by atoms with E-state index in [1.165, 1.54) is 36.3 Å². The van der Waals surface area contributed by atoms with E-state index in [0.29, 0.717) is 0 Å². The predicted octanol–water partition coefficient (Wildman–Crippen LogP) is 4.96. The fourth-order valence-electron chi connectivity index (χ4n) is 1.49. The molecule has 0 spiro atoms. The van der Waals surface area contributed by atoms with Crippen molar-refractivity contribution < 1.29 is 0 Å². The van der Waals surface area contributed by atoms with Gasteiger partial charge in [0.15, 0.2) is 0 Å². The van der Waals surface area contributed by atoms with Gasteiger partial charge in [0.25, 0.3) is 0 Å². The maximum absolute atomic E-state index is 6.53. The van der Waals surface area contributed by atoms with Crippen molar-refractivity contribution in [3.8, 4) is 0 Å². The second-order valence-corrected chi connectivity index (χ2v) is 7.96. The van der Waals surface area contributed by atoms with Gasteiger partial charge in [-0.1, -0.05) is 49.0 Å². The van der Waals surface area contributed by atoms with E-state index in [9.17, 15) is 0 Å². The Morgan fingerprint density at radius 1 is 1.31 bits per heavy atom. The molecule has 0 bridgehead atoms. The van der Waals surface area contributed by atoms with E-state index >= 15 is 0 Å². The van der Waals surface area contributed by atoms with Crippen LogP contribution < -0.4 is 0 Å². The van der Waals surface area contributed by atoms with Crippen LogP contribution in [-0.4, -0.2) is 5.75 Å². The second kappa shape index (κ2) is 5.11. The molecule has 0 aromatic rings. The fraction of sp³-hybridized carbons (Fsp3) is 0.636. The van der Waals surface area contributed by atoms with Crippen LogP contribution in [-0.2, 0) is 0 Å². The first-order chi connectivity index (χ1) is 6.19. The Morgan fingerprint density at radius 2 is 2.08 bits per heavy atom. The van der Waals surface area contributed by atoms with Crippen molar-refractivity contribution >= 4 is 19.9 Å². The molecule has 0 aromatic heterocycles. The maximum atomic E-state index is 6.53. The van der Waals surface area contributed by atoms with Crippen molar-refractivity contribution in [2.24, 2.45) is 0 Å². The molecule has 0 aromatic carbocycles. The first-order valence-electron chi connectivity index (χ1n) is 5.05. The molecule has 76 valence electrons. The first-order valence-corrected chi connectivity index (χ1v) is 7.74. The van der Waals surface area contributed by atoms with Gasteiger partial charge in [0, 0.05) is 0 Å². The molecule has 0 N–H and O–H groups in total. The van der Waals surface area contributed by atoms with Crippen LogP contribution >= 0.6 is 19.9 Å². The van der Waals surface area contributed by atoms with Crippen molar-refractivity contribution in [2.45, 2.75) is 39.5 Å². The summed E-state index contributed by atoms with van der Waals surface area (Å²) in [6.45, 7) is 4.39. The number of hydrogen-bond acceptors (Lipinski definition) is 0. The molecule has 1 aliphatic rings. The Balaban J connectivity index is 2.28. The van der Waals surface area contributed by atoms with Crippen LogP contribution in [0.1, 0.15) is 39.5 Å². The van der Waals surface area contributed by atoms with Crippen LogP contribution in [0.4, 0.5) is 0 Å². The Kier molecular flexibility index (Phi) is 4.40. The summed E-state index contributed by atoms with van der Waals surface area (Å²) < 4.78 is 0. The minimum Gasteiger partial charge on any atom is -0.119 e. The van der Waals surface area contributed by atoms with E-state index in [1.807, 2.05) is 0 Å². The van der Waals surface area contributed by atoms with Crippen LogP contribution in [0.3, 0.4) is 0 Å². The zero-order chi connectivity index (χ0) is 9.73. The third-order valence-electron chi connectivity index (χ3n) is 2.46. The van der Waals surface area contributed by atoms with E-state index < -0.39 is 9.24 Å². The molecule has 0 saturated heterocycles. The Hall–Kier alpha value is 0.120. The van der Waals surface area contributed by atoms with Crippen molar-refractivity contribution in [3.05, 3.63) is 22.5 Å². The number of unbranched alkanes of at least 4 members (excludes halogenated alkanes) is 3. The van der Waals surface area contributed by atoms with E-state index in [2.05, 4.69) is 31.4 Å². The van der Waals surface area contributed by atoms with Crippen molar-refractivity contribution in [1.29, 1.82) is 0 Å². The Morgan fingerprint density at radius 3 is 2.62 bits per heavy atom. The summed E-state index contributed by atoms with van der Waals surface area (Å²) in [5, 5.41) is 2.20. The molecule has 13 heavy (non-hydrogen) atoms. The molecule has 1 unspecified atom stereocenters. The largest absolute Gasteiger partial charge is 0.119 e. The van der Waals surface area contributed by atoms with Crippen molar-refractivity contribution in [3.63, 3.8) is 0 Å². The molecule has 0 fully saturated rings. The summed E-state index contributed by atoms with van der Waals surface area (Å²) in [7, 11) is 5.52.